The molecule has 21 heavy (non-hydrogen) atoms. The SMILES string of the molecule is CC(=O)c1ccc(OS(=O)(=O)c2ccc(C)cc2C)cc1. The van der Waals surface area contributed by atoms with Crippen LogP contribution in [-0.4, -0.2) is 14.2 Å². The van der Waals surface area contributed by atoms with Gasteiger partial charge in [0.25, 0.3) is 0 Å². The van der Waals surface area contributed by atoms with Crippen LogP contribution in [-0.2, 0) is 10.1 Å². The van der Waals surface area contributed by atoms with E-state index in [1.807, 2.05) is 6.92 Å². The quantitative estimate of drug-likeness (QED) is 0.642. The van der Waals surface area contributed by atoms with Crippen LogP contribution in [0.15, 0.2) is 47.4 Å². The molecule has 0 unspecified atom stereocenters. The molecular formula is C16H16O4S. The molecule has 0 N–H and O–H groups in total. The number of aryl methyl sites for hydroxylation is 2. The zero-order valence-electron chi connectivity index (χ0n) is 12.1. The fraction of sp³-hybridized carbons (Fsp3) is 0.188. The Labute approximate surface area is 124 Å². The molecule has 0 spiro atoms. The second-order valence-electron chi connectivity index (χ2n) is 4.89. The minimum absolute atomic E-state index is 0.0845. The van der Waals surface area contributed by atoms with E-state index in [4.69, 9.17) is 4.18 Å². The highest BCUT2D eigenvalue weighted by molar-refractivity contribution is 7.87. The van der Waals surface area contributed by atoms with E-state index in [1.54, 1.807) is 19.1 Å². The molecule has 0 aromatic heterocycles. The van der Waals surface area contributed by atoms with Gasteiger partial charge in [0.1, 0.15) is 10.6 Å². The van der Waals surface area contributed by atoms with E-state index in [1.165, 1.54) is 37.3 Å². The van der Waals surface area contributed by atoms with Gasteiger partial charge in [0.15, 0.2) is 5.78 Å². The summed E-state index contributed by atoms with van der Waals surface area (Å²) in [6.07, 6.45) is 0. The number of hydrogen-bond acceptors (Lipinski definition) is 4. The number of benzene rings is 2. The molecule has 4 nitrogen and oxygen atoms in total. The number of hydrogen-bond donors (Lipinski definition) is 0. The van der Waals surface area contributed by atoms with Crippen molar-refractivity contribution < 1.29 is 17.4 Å². The van der Waals surface area contributed by atoms with E-state index in [2.05, 4.69) is 0 Å². The lowest BCUT2D eigenvalue weighted by Crippen LogP contribution is -2.11. The lowest BCUT2D eigenvalue weighted by molar-refractivity contribution is 0.101. The molecule has 0 saturated heterocycles. The Hall–Kier alpha value is -2.14. The molecule has 0 fully saturated rings. The van der Waals surface area contributed by atoms with Crippen LogP contribution in [0, 0.1) is 13.8 Å². The molecule has 0 atom stereocenters. The van der Waals surface area contributed by atoms with Crippen molar-refractivity contribution in [1.82, 2.24) is 0 Å². The Kier molecular flexibility index (Phi) is 4.14. The minimum Gasteiger partial charge on any atom is -0.379 e. The van der Waals surface area contributed by atoms with Crippen molar-refractivity contribution in [3.8, 4) is 5.75 Å². The lowest BCUT2D eigenvalue weighted by Gasteiger charge is -2.10. The zero-order valence-corrected chi connectivity index (χ0v) is 12.9. The third-order valence-electron chi connectivity index (χ3n) is 3.07. The summed E-state index contributed by atoms with van der Waals surface area (Å²) in [5.41, 5.74) is 2.12. The first kappa shape index (κ1) is 15.3. The highest BCUT2D eigenvalue weighted by Crippen LogP contribution is 2.22. The monoisotopic (exact) mass is 304 g/mol. The van der Waals surface area contributed by atoms with Crippen molar-refractivity contribution in [3.05, 3.63) is 59.2 Å². The second kappa shape index (κ2) is 5.69. The third-order valence-corrected chi connectivity index (χ3v) is 4.48. The summed E-state index contributed by atoms with van der Waals surface area (Å²) in [6.45, 7) is 5.06. The van der Waals surface area contributed by atoms with Gasteiger partial charge < -0.3 is 4.18 Å². The maximum atomic E-state index is 12.3. The second-order valence-corrected chi connectivity index (χ2v) is 6.40. The van der Waals surface area contributed by atoms with Crippen molar-refractivity contribution in [2.24, 2.45) is 0 Å². The van der Waals surface area contributed by atoms with E-state index in [9.17, 15) is 13.2 Å². The smallest absolute Gasteiger partial charge is 0.339 e. The van der Waals surface area contributed by atoms with Gasteiger partial charge in [-0.05, 0) is 56.7 Å². The Balaban J connectivity index is 2.30. The van der Waals surface area contributed by atoms with E-state index < -0.39 is 10.1 Å². The summed E-state index contributed by atoms with van der Waals surface area (Å²) in [6, 6.07) is 11.1. The maximum Gasteiger partial charge on any atom is 0.339 e. The number of carbonyl (C=O) groups excluding carboxylic acids is 1. The Morgan fingerprint density at radius 1 is 1.00 bits per heavy atom. The van der Waals surface area contributed by atoms with Crippen molar-refractivity contribution in [2.75, 3.05) is 0 Å². The Morgan fingerprint density at radius 2 is 1.62 bits per heavy atom. The number of carbonyl (C=O) groups is 1. The van der Waals surface area contributed by atoms with Gasteiger partial charge >= 0.3 is 10.1 Å². The molecule has 0 amide bonds. The molecule has 0 heterocycles. The average molecular weight is 304 g/mol. The van der Waals surface area contributed by atoms with E-state index >= 15 is 0 Å². The van der Waals surface area contributed by atoms with Crippen LogP contribution in [0.1, 0.15) is 28.4 Å². The predicted molar refractivity (Wildman–Crippen MR) is 80.2 cm³/mol. The molecule has 0 aliphatic heterocycles. The van der Waals surface area contributed by atoms with Crippen molar-refractivity contribution in [1.29, 1.82) is 0 Å². The standard InChI is InChI=1S/C16H16O4S/c1-11-4-9-16(12(2)10-11)21(18,19)20-15-7-5-14(6-8-15)13(3)17/h4-10H,1-3H3. The summed E-state index contributed by atoms with van der Waals surface area (Å²) < 4.78 is 29.6. The van der Waals surface area contributed by atoms with Gasteiger partial charge in [0.2, 0.25) is 0 Å². The molecule has 110 valence electrons. The summed E-state index contributed by atoms with van der Waals surface area (Å²) >= 11 is 0. The largest absolute Gasteiger partial charge is 0.379 e. The van der Waals surface area contributed by atoms with E-state index in [0.717, 1.165) is 5.56 Å². The Morgan fingerprint density at radius 3 is 2.14 bits per heavy atom. The highest BCUT2D eigenvalue weighted by Gasteiger charge is 2.19. The minimum atomic E-state index is -3.88. The first-order valence-electron chi connectivity index (χ1n) is 6.42. The fourth-order valence-electron chi connectivity index (χ4n) is 2.00. The molecule has 2 aromatic rings. The molecule has 0 radical (unpaired) electrons. The predicted octanol–water partition coefficient (Wildman–Crippen LogP) is 3.27. The number of ketones is 1. The van der Waals surface area contributed by atoms with Crippen molar-refractivity contribution in [3.63, 3.8) is 0 Å². The first-order valence-corrected chi connectivity index (χ1v) is 7.83. The van der Waals surface area contributed by atoms with Crippen LogP contribution in [0.25, 0.3) is 0 Å². The van der Waals surface area contributed by atoms with Crippen LogP contribution >= 0.6 is 0 Å². The molecule has 0 bridgehead atoms. The van der Waals surface area contributed by atoms with Gasteiger partial charge in [-0.15, -0.1) is 0 Å². The zero-order chi connectivity index (χ0) is 15.6. The fourth-order valence-corrected chi connectivity index (χ4v) is 3.14. The van der Waals surface area contributed by atoms with Crippen LogP contribution in [0.4, 0.5) is 0 Å². The molecule has 0 saturated carbocycles. The summed E-state index contributed by atoms with van der Waals surface area (Å²) in [5.74, 6) is 0.0961. The topological polar surface area (TPSA) is 60.4 Å². The average Bonchev–Trinajstić information content (AvgIpc) is 2.38. The van der Waals surface area contributed by atoms with Gasteiger partial charge in [-0.3, -0.25) is 4.79 Å². The molecule has 2 aromatic carbocycles. The van der Waals surface area contributed by atoms with E-state index in [-0.39, 0.29) is 16.4 Å². The summed E-state index contributed by atoms with van der Waals surface area (Å²) in [4.78, 5) is 11.3. The van der Waals surface area contributed by atoms with Gasteiger partial charge in [-0.2, -0.15) is 8.42 Å². The van der Waals surface area contributed by atoms with Crippen molar-refractivity contribution >= 4 is 15.9 Å². The molecule has 2 rings (SSSR count). The van der Waals surface area contributed by atoms with E-state index in [0.29, 0.717) is 11.1 Å². The Bertz CT molecular complexity index is 774. The van der Waals surface area contributed by atoms with Crippen molar-refractivity contribution in [2.45, 2.75) is 25.7 Å². The third kappa shape index (κ3) is 3.49. The van der Waals surface area contributed by atoms with Crippen LogP contribution in [0.2, 0.25) is 0 Å². The lowest BCUT2D eigenvalue weighted by atomic mass is 10.1. The maximum absolute atomic E-state index is 12.3. The van der Waals surface area contributed by atoms with Gasteiger partial charge in [-0.1, -0.05) is 17.7 Å². The van der Waals surface area contributed by atoms with Crippen LogP contribution in [0.3, 0.4) is 0 Å². The summed E-state index contributed by atoms with van der Waals surface area (Å²) in [7, 11) is -3.88. The number of Topliss-reactive ketones (excluding diaryl/α,β-unsaturated/α-hetero) is 1. The molecule has 0 aliphatic rings. The van der Waals surface area contributed by atoms with Gasteiger partial charge in [0.05, 0.1) is 0 Å². The first-order chi connectivity index (χ1) is 9.79. The highest BCUT2D eigenvalue weighted by atomic mass is 32.2. The molecule has 0 aliphatic carbocycles. The van der Waals surface area contributed by atoms with Gasteiger partial charge in [0, 0.05) is 5.56 Å². The van der Waals surface area contributed by atoms with Crippen LogP contribution < -0.4 is 4.18 Å². The van der Waals surface area contributed by atoms with Gasteiger partial charge in [-0.25, -0.2) is 0 Å². The molecular weight excluding hydrogens is 288 g/mol. The summed E-state index contributed by atoms with van der Waals surface area (Å²) in [5, 5.41) is 0. The molecule has 5 heteroatoms. The van der Waals surface area contributed by atoms with Crippen LogP contribution in [0.5, 0.6) is 5.75 Å². The number of rotatable bonds is 4. The normalized spacial score (nSPS) is 11.2.